The minimum Gasteiger partial charge on any atom is -0.317 e. The molecule has 2 fully saturated rings. The summed E-state index contributed by atoms with van der Waals surface area (Å²) in [4.78, 5) is 0. The van der Waals surface area contributed by atoms with Gasteiger partial charge in [-0.2, -0.15) is 0 Å². The van der Waals surface area contributed by atoms with E-state index in [2.05, 4.69) is 19.3 Å². The molecule has 2 saturated carbocycles. The molecule has 2 rings (SSSR count). The van der Waals surface area contributed by atoms with Crippen molar-refractivity contribution in [2.24, 2.45) is 17.8 Å². The van der Waals surface area contributed by atoms with Crippen molar-refractivity contribution >= 4 is 0 Å². The molecule has 18 heavy (non-hydrogen) atoms. The molecule has 0 aromatic carbocycles. The summed E-state index contributed by atoms with van der Waals surface area (Å²) in [7, 11) is 2.19. The fraction of sp³-hybridized carbons (Fsp3) is 1.00. The van der Waals surface area contributed by atoms with E-state index in [1.54, 1.807) is 0 Å². The van der Waals surface area contributed by atoms with Gasteiger partial charge in [-0.1, -0.05) is 58.3 Å². The fourth-order valence-corrected chi connectivity index (χ4v) is 4.44. The van der Waals surface area contributed by atoms with E-state index in [1.807, 2.05) is 0 Å². The van der Waals surface area contributed by atoms with Crippen molar-refractivity contribution in [3.8, 4) is 0 Å². The van der Waals surface area contributed by atoms with Crippen LogP contribution in [0.2, 0.25) is 0 Å². The Labute approximate surface area is 114 Å². The summed E-state index contributed by atoms with van der Waals surface area (Å²) in [6.07, 6.45) is 16.3. The molecule has 0 saturated heterocycles. The van der Waals surface area contributed by atoms with Gasteiger partial charge in [-0.25, -0.2) is 0 Å². The van der Waals surface area contributed by atoms with Crippen LogP contribution < -0.4 is 5.32 Å². The van der Waals surface area contributed by atoms with E-state index >= 15 is 0 Å². The molecule has 0 aromatic rings. The molecule has 0 heterocycles. The lowest BCUT2D eigenvalue weighted by molar-refractivity contribution is 0.199. The van der Waals surface area contributed by atoms with Crippen molar-refractivity contribution in [1.29, 1.82) is 0 Å². The van der Waals surface area contributed by atoms with Gasteiger partial charge in [-0.3, -0.25) is 0 Å². The number of rotatable bonds is 6. The van der Waals surface area contributed by atoms with Crippen molar-refractivity contribution in [2.45, 2.75) is 83.6 Å². The Morgan fingerprint density at radius 2 is 1.61 bits per heavy atom. The predicted octanol–water partition coefficient (Wildman–Crippen LogP) is 4.76. The van der Waals surface area contributed by atoms with Crippen LogP contribution in [0.4, 0.5) is 0 Å². The predicted molar refractivity (Wildman–Crippen MR) is 79.8 cm³/mol. The van der Waals surface area contributed by atoms with Gasteiger partial charge < -0.3 is 5.32 Å². The molecule has 0 aromatic heterocycles. The lowest BCUT2D eigenvalue weighted by Crippen LogP contribution is -2.37. The average Bonchev–Trinajstić information content (AvgIpc) is 2.90. The van der Waals surface area contributed by atoms with Crippen molar-refractivity contribution in [2.75, 3.05) is 7.05 Å². The van der Waals surface area contributed by atoms with Gasteiger partial charge in [0.2, 0.25) is 0 Å². The van der Waals surface area contributed by atoms with E-state index in [0.717, 1.165) is 23.8 Å². The second-order valence-electron chi connectivity index (χ2n) is 6.85. The first kappa shape index (κ1) is 14.4. The Bertz CT molecular complexity index is 212. The van der Waals surface area contributed by atoms with Crippen LogP contribution in [0.5, 0.6) is 0 Å². The van der Waals surface area contributed by atoms with E-state index in [-0.39, 0.29) is 0 Å². The molecule has 2 aliphatic rings. The van der Waals surface area contributed by atoms with Gasteiger partial charge in [0.1, 0.15) is 0 Å². The van der Waals surface area contributed by atoms with E-state index in [1.165, 1.54) is 70.6 Å². The lowest BCUT2D eigenvalue weighted by atomic mass is 9.75. The van der Waals surface area contributed by atoms with Gasteiger partial charge in [-0.05, 0) is 44.1 Å². The molecule has 0 aliphatic heterocycles. The minimum absolute atomic E-state index is 0.815. The molecule has 0 amide bonds. The Morgan fingerprint density at radius 3 is 2.17 bits per heavy atom. The Morgan fingerprint density at radius 1 is 0.944 bits per heavy atom. The number of hydrogen-bond acceptors (Lipinski definition) is 1. The third-order valence-corrected chi connectivity index (χ3v) is 5.59. The topological polar surface area (TPSA) is 12.0 Å². The van der Waals surface area contributed by atoms with Crippen LogP contribution in [-0.4, -0.2) is 13.1 Å². The van der Waals surface area contributed by atoms with Gasteiger partial charge in [0.25, 0.3) is 0 Å². The third kappa shape index (κ3) is 3.98. The van der Waals surface area contributed by atoms with Crippen LogP contribution in [0.25, 0.3) is 0 Å². The maximum absolute atomic E-state index is 3.65. The SMILES string of the molecule is CCCC1CCC(C(CC2CCCC2)NC)CC1. The first-order valence-electron chi connectivity index (χ1n) is 8.50. The van der Waals surface area contributed by atoms with Crippen LogP contribution in [-0.2, 0) is 0 Å². The highest BCUT2D eigenvalue weighted by Crippen LogP contribution is 2.37. The normalized spacial score (nSPS) is 31.7. The Hall–Kier alpha value is -0.0400. The van der Waals surface area contributed by atoms with E-state index < -0.39 is 0 Å². The summed E-state index contributed by atoms with van der Waals surface area (Å²) in [5, 5.41) is 3.65. The monoisotopic (exact) mass is 251 g/mol. The van der Waals surface area contributed by atoms with Gasteiger partial charge in [0, 0.05) is 6.04 Å². The highest BCUT2D eigenvalue weighted by molar-refractivity contribution is 4.84. The molecule has 1 heteroatoms. The zero-order valence-electron chi connectivity index (χ0n) is 12.6. The molecule has 0 spiro atoms. The molecular formula is C17H33N. The Kier molecular flexibility index (Phi) is 6.01. The van der Waals surface area contributed by atoms with Gasteiger partial charge >= 0.3 is 0 Å². The summed E-state index contributed by atoms with van der Waals surface area (Å²) in [6.45, 7) is 2.34. The number of hydrogen-bond donors (Lipinski definition) is 1. The third-order valence-electron chi connectivity index (χ3n) is 5.59. The minimum atomic E-state index is 0.815. The molecule has 1 N–H and O–H groups in total. The quantitative estimate of drug-likeness (QED) is 0.717. The maximum atomic E-state index is 3.65. The van der Waals surface area contributed by atoms with E-state index in [0.29, 0.717) is 0 Å². The summed E-state index contributed by atoms with van der Waals surface area (Å²) in [6, 6.07) is 0.815. The van der Waals surface area contributed by atoms with Crippen molar-refractivity contribution in [1.82, 2.24) is 5.32 Å². The van der Waals surface area contributed by atoms with Crippen molar-refractivity contribution < 1.29 is 0 Å². The molecule has 0 bridgehead atoms. The smallest absolute Gasteiger partial charge is 0.00949 e. The summed E-state index contributed by atoms with van der Waals surface area (Å²) in [5.41, 5.74) is 0. The lowest BCUT2D eigenvalue weighted by Gasteiger charge is -2.35. The summed E-state index contributed by atoms with van der Waals surface area (Å²) in [5.74, 6) is 3.06. The van der Waals surface area contributed by atoms with Crippen molar-refractivity contribution in [3.63, 3.8) is 0 Å². The zero-order chi connectivity index (χ0) is 12.8. The first-order chi connectivity index (χ1) is 8.83. The first-order valence-corrected chi connectivity index (χ1v) is 8.50. The van der Waals surface area contributed by atoms with E-state index in [9.17, 15) is 0 Å². The molecule has 1 nitrogen and oxygen atoms in total. The summed E-state index contributed by atoms with van der Waals surface area (Å²) < 4.78 is 0. The van der Waals surface area contributed by atoms with Gasteiger partial charge in [0.15, 0.2) is 0 Å². The standard InChI is InChI=1S/C17H33N/c1-3-6-14-9-11-16(12-10-14)17(18-2)13-15-7-4-5-8-15/h14-18H,3-13H2,1-2H3. The van der Waals surface area contributed by atoms with Crippen LogP contribution in [0.15, 0.2) is 0 Å². The zero-order valence-corrected chi connectivity index (χ0v) is 12.6. The molecule has 0 radical (unpaired) electrons. The molecular weight excluding hydrogens is 218 g/mol. The van der Waals surface area contributed by atoms with E-state index in [4.69, 9.17) is 0 Å². The average molecular weight is 251 g/mol. The van der Waals surface area contributed by atoms with Crippen LogP contribution in [0, 0.1) is 17.8 Å². The molecule has 106 valence electrons. The second-order valence-corrected chi connectivity index (χ2v) is 6.85. The van der Waals surface area contributed by atoms with Gasteiger partial charge in [-0.15, -0.1) is 0 Å². The highest BCUT2D eigenvalue weighted by Gasteiger charge is 2.28. The second kappa shape index (κ2) is 7.53. The molecule has 2 aliphatic carbocycles. The van der Waals surface area contributed by atoms with Crippen LogP contribution in [0.1, 0.15) is 77.6 Å². The maximum Gasteiger partial charge on any atom is 0.00949 e. The van der Waals surface area contributed by atoms with Crippen molar-refractivity contribution in [3.05, 3.63) is 0 Å². The summed E-state index contributed by atoms with van der Waals surface area (Å²) >= 11 is 0. The molecule has 1 unspecified atom stereocenters. The van der Waals surface area contributed by atoms with Crippen LogP contribution in [0.3, 0.4) is 0 Å². The number of nitrogens with one attached hydrogen (secondary N) is 1. The van der Waals surface area contributed by atoms with Gasteiger partial charge in [0.05, 0.1) is 0 Å². The Balaban J connectivity index is 1.74. The highest BCUT2D eigenvalue weighted by atomic mass is 14.9. The largest absolute Gasteiger partial charge is 0.317 e. The van der Waals surface area contributed by atoms with Crippen LogP contribution >= 0.6 is 0 Å². The molecule has 1 atom stereocenters. The fourth-order valence-electron chi connectivity index (χ4n) is 4.44.